The molecule has 1 atom stereocenters. The van der Waals surface area contributed by atoms with E-state index in [9.17, 15) is 0 Å². The van der Waals surface area contributed by atoms with E-state index in [1.54, 1.807) is 0 Å². The van der Waals surface area contributed by atoms with Crippen LogP contribution in [0.15, 0.2) is 0 Å². The Kier molecular flexibility index (Phi) is 5.06. The molecule has 0 aromatic rings. The molecule has 0 spiro atoms. The van der Waals surface area contributed by atoms with E-state index in [0.29, 0.717) is 6.42 Å². The molecule has 1 unspecified atom stereocenters. The lowest BCUT2D eigenvalue weighted by atomic mass is 10.0. The molecule has 0 amide bonds. The molecule has 1 rings (SSSR count). The summed E-state index contributed by atoms with van der Waals surface area (Å²) in [5.41, 5.74) is 0.761. The van der Waals surface area contributed by atoms with Gasteiger partial charge in [-0.2, -0.15) is 16.3 Å². The summed E-state index contributed by atoms with van der Waals surface area (Å²) >= 11 is 9.04. The number of nitrogens with zero attached hydrogens (tertiary/aromatic N) is 1. The minimum atomic E-state index is -1.60. The minimum absolute atomic E-state index is 0.648. The van der Waals surface area contributed by atoms with Crippen molar-refractivity contribution in [3.05, 3.63) is 0 Å². The smallest absolute Gasteiger partial charge is 0.198 e. The van der Waals surface area contributed by atoms with Gasteiger partial charge in [0.2, 0.25) is 4.88 Å². The highest BCUT2D eigenvalue weighted by atomic mass is 127. The Hall–Kier alpha value is 0.727. The Morgan fingerprint density at radius 1 is 1.38 bits per heavy atom. The molecule has 1 aliphatic carbocycles. The summed E-state index contributed by atoms with van der Waals surface area (Å²) in [7, 11) is 0. The number of hydrogen-bond donors (Lipinski definition) is 0. The van der Waals surface area contributed by atoms with Crippen molar-refractivity contribution in [3.8, 4) is 6.07 Å². The fraction of sp³-hybridized carbons (Fsp3) is 0.889. The summed E-state index contributed by atoms with van der Waals surface area (Å²) in [6.45, 7) is 0. The maximum Gasteiger partial charge on any atom is 0.225 e. The van der Waals surface area contributed by atoms with Crippen molar-refractivity contribution in [3.63, 3.8) is 0 Å². The van der Waals surface area contributed by atoms with Crippen LogP contribution in [-0.2, 0) is 0 Å². The van der Waals surface area contributed by atoms with Gasteiger partial charge in [-0.05, 0) is 11.6 Å². The van der Waals surface area contributed by atoms with E-state index in [1.165, 1.54) is 32.1 Å². The van der Waals surface area contributed by atoms with E-state index in [-0.39, 0.29) is 0 Å². The van der Waals surface area contributed by atoms with Gasteiger partial charge in [-0.15, -0.1) is 0 Å². The molecule has 0 aromatic carbocycles. The molecule has 1 saturated carbocycles. The van der Waals surface area contributed by atoms with Crippen LogP contribution in [0.3, 0.4) is 0 Å². The average Bonchev–Trinajstić information content (AvgIpc) is 2.16. The molecule has 0 bridgehead atoms. The van der Waals surface area contributed by atoms with Crippen LogP contribution in [0.5, 0.6) is 0 Å². The zero-order valence-corrected chi connectivity index (χ0v) is 11.6. The van der Waals surface area contributed by atoms with Gasteiger partial charge in [-0.1, -0.05) is 53.9 Å². The van der Waals surface area contributed by atoms with Crippen LogP contribution in [0.4, 0.5) is 0 Å². The zero-order valence-electron chi connectivity index (χ0n) is 7.73. The maximum atomic E-state index is 8.54. The van der Waals surface area contributed by atoms with Gasteiger partial charge in [-0.3, -0.25) is 0 Å². The first-order chi connectivity index (χ1) is 6.17. The molecule has 1 aliphatic rings. The van der Waals surface area contributed by atoms with E-state index >= 15 is 0 Å². The second-order valence-electron chi connectivity index (χ2n) is 3.75. The van der Waals surface area contributed by atoms with Crippen LogP contribution in [0.2, 0.25) is 11.6 Å². The Labute approximate surface area is 98.8 Å². The van der Waals surface area contributed by atoms with Crippen molar-refractivity contribution in [2.75, 3.05) is 0 Å². The van der Waals surface area contributed by atoms with Crippen molar-refractivity contribution >= 4 is 37.8 Å². The number of halogens is 2. The standard InChI is InChI=1S/C9H15ClINSi/c10-13(11,8-4-7-12)9-5-2-1-3-6-9/h9H,1-6,8H2. The molecule has 4 heteroatoms. The molecular weight excluding hydrogens is 313 g/mol. The van der Waals surface area contributed by atoms with Crippen LogP contribution in [0.1, 0.15) is 38.5 Å². The monoisotopic (exact) mass is 327 g/mol. The quantitative estimate of drug-likeness (QED) is 0.429. The van der Waals surface area contributed by atoms with Crippen molar-refractivity contribution in [1.29, 1.82) is 5.26 Å². The van der Waals surface area contributed by atoms with Crippen molar-refractivity contribution in [2.24, 2.45) is 0 Å². The third-order valence-electron chi connectivity index (χ3n) is 2.77. The van der Waals surface area contributed by atoms with Gasteiger partial charge in [0.15, 0.2) is 0 Å². The topological polar surface area (TPSA) is 23.8 Å². The fourth-order valence-corrected chi connectivity index (χ4v) is 7.67. The van der Waals surface area contributed by atoms with E-state index in [4.69, 9.17) is 16.3 Å². The van der Waals surface area contributed by atoms with E-state index in [2.05, 4.69) is 27.9 Å². The normalized spacial score (nSPS) is 23.5. The minimum Gasteiger partial charge on any atom is -0.198 e. The van der Waals surface area contributed by atoms with Gasteiger partial charge in [0.25, 0.3) is 0 Å². The van der Waals surface area contributed by atoms with Crippen LogP contribution in [0.25, 0.3) is 0 Å². The van der Waals surface area contributed by atoms with E-state index in [0.717, 1.165) is 11.6 Å². The first kappa shape index (κ1) is 11.8. The molecule has 0 radical (unpaired) electrons. The Bertz CT molecular complexity index is 196. The number of rotatable bonds is 3. The van der Waals surface area contributed by atoms with Gasteiger partial charge in [0.05, 0.1) is 6.07 Å². The summed E-state index contributed by atoms with van der Waals surface area (Å²) in [6, 6.07) is 3.18. The number of hydrogen-bond acceptors (Lipinski definition) is 1. The molecular formula is C9H15ClINSi. The predicted octanol–water partition coefficient (Wildman–Crippen LogP) is 4.35. The van der Waals surface area contributed by atoms with Crippen molar-refractivity contribution < 1.29 is 0 Å². The highest BCUT2D eigenvalue weighted by Gasteiger charge is 2.37. The fourth-order valence-electron chi connectivity index (χ4n) is 1.95. The van der Waals surface area contributed by atoms with E-state index < -0.39 is 4.88 Å². The molecule has 1 fully saturated rings. The highest BCUT2D eigenvalue weighted by Crippen LogP contribution is 2.45. The number of nitriles is 1. The summed E-state index contributed by atoms with van der Waals surface area (Å²) in [5.74, 6) is 0. The highest BCUT2D eigenvalue weighted by molar-refractivity contribution is 14.1. The third-order valence-corrected chi connectivity index (χ3v) is 11.2. The summed E-state index contributed by atoms with van der Waals surface area (Å²) in [6.07, 6.45) is 7.35. The molecule has 74 valence electrons. The van der Waals surface area contributed by atoms with Crippen LogP contribution >= 0.6 is 32.9 Å². The lowest BCUT2D eigenvalue weighted by Crippen LogP contribution is -2.27. The summed E-state index contributed by atoms with van der Waals surface area (Å²) in [5, 5.41) is 8.54. The van der Waals surface area contributed by atoms with Crippen LogP contribution < -0.4 is 0 Å². The molecule has 0 aliphatic heterocycles. The van der Waals surface area contributed by atoms with Gasteiger partial charge < -0.3 is 0 Å². The van der Waals surface area contributed by atoms with Gasteiger partial charge in [-0.25, -0.2) is 0 Å². The largest absolute Gasteiger partial charge is 0.225 e. The van der Waals surface area contributed by atoms with E-state index in [1.807, 2.05) is 0 Å². The third kappa shape index (κ3) is 3.76. The summed E-state index contributed by atoms with van der Waals surface area (Å²) < 4.78 is 0. The van der Waals surface area contributed by atoms with Crippen molar-refractivity contribution in [2.45, 2.75) is 50.1 Å². The lowest BCUT2D eigenvalue weighted by molar-refractivity contribution is 0.498. The Morgan fingerprint density at radius 2 is 2.00 bits per heavy atom. The molecule has 13 heavy (non-hydrogen) atoms. The maximum absolute atomic E-state index is 8.54. The van der Waals surface area contributed by atoms with Crippen LogP contribution in [-0.4, -0.2) is 4.88 Å². The predicted molar refractivity (Wildman–Crippen MR) is 67.5 cm³/mol. The average molecular weight is 328 g/mol. The van der Waals surface area contributed by atoms with Gasteiger partial charge in [0.1, 0.15) is 0 Å². The second kappa shape index (κ2) is 5.57. The Balaban J connectivity index is 2.42. The lowest BCUT2D eigenvalue weighted by Gasteiger charge is -2.30. The Morgan fingerprint density at radius 3 is 2.54 bits per heavy atom. The SMILES string of the molecule is N#CCC[Si](Cl)(I)C1CCCCC1. The molecule has 0 aromatic heterocycles. The second-order valence-corrected chi connectivity index (χ2v) is 16.3. The van der Waals surface area contributed by atoms with Crippen LogP contribution in [0, 0.1) is 11.3 Å². The molecule has 0 heterocycles. The van der Waals surface area contributed by atoms with Crippen molar-refractivity contribution in [1.82, 2.24) is 0 Å². The molecule has 0 saturated heterocycles. The summed E-state index contributed by atoms with van der Waals surface area (Å²) in [4.78, 5) is -1.60. The molecule has 0 N–H and O–H groups in total. The molecule has 1 nitrogen and oxygen atoms in total. The van der Waals surface area contributed by atoms with Gasteiger partial charge >= 0.3 is 0 Å². The first-order valence-electron chi connectivity index (χ1n) is 4.91. The first-order valence-corrected chi connectivity index (χ1v) is 11.3. The zero-order chi connectivity index (χ0) is 9.73. The van der Waals surface area contributed by atoms with Gasteiger partial charge in [0, 0.05) is 6.42 Å².